The predicted octanol–water partition coefficient (Wildman–Crippen LogP) is 7.47. The molecule has 0 aliphatic heterocycles. The Hall–Kier alpha value is -3.91. The molecule has 0 atom stereocenters. The zero-order valence-electron chi connectivity index (χ0n) is 15.7. The van der Waals surface area contributed by atoms with E-state index in [1.54, 1.807) is 0 Å². The highest BCUT2D eigenvalue weighted by Crippen LogP contribution is 2.37. The van der Waals surface area contributed by atoms with Gasteiger partial charge in [-0.1, -0.05) is 72.8 Å². The molecule has 0 aliphatic carbocycles. The summed E-state index contributed by atoms with van der Waals surface area (Å²) in [5.41, 5.74) is 6.07. The largest absolute Gasteiger partial charge is 0.455 e. The molecule has 0 amide bonds. The first kappa shape index (κ1) is 16.1. The summed E-state index contributed by atoms with van der Waals surface area (Å²) in [6.45, 7) is 0. The first-order valence-corrected chi connectivity index (χ1v) is 9.73. The second-order valence-electron chi connectivity index (χ2n) is 7.28. The second-order valence-corrected chi connectivity index (χ2v) is 7.28. The highest BCUT2D eigenvalue weighted by Gasteiger charge is 2.14. The molecule has 2 heterocycles. The fourth-order valence-corrected chi connectivity index (χ4v) is 4.04. The van der Waals surface area contributed by atoms with E-state index in [2.05, 4.69) is 84.9 Å². The molecule has 2 nitrogen and oxygen atoms in total. The minimum atomic E-state index is 0.885. The normalized spacial score (nSPS) is 11.4. The molecule has 0 saturated carbocycles. The molecule has 0 spiro atoms. The van der Waals surface area contributed by atoms with Gasteiger partial charge in [-0.15, -0.1) is 0 Å². The Morgan fingerprint density at radius 1 is 0.586 bits per heavy atom. The zero-order chi connectivity index (χ0) is 19.2. The lowest BCUT2D eigenvalue weighted by molar-refractivity contribution is 0.670. The van der Waals surface area contributed by atoms with Crippen molar-refractivity contribution in [2.24, 2.45) is 0 Å². The zero-order valence-corrected chi connectivity index (χ0v) is 15.7. The Kier molecular flexibility index (Phi) is 3.50. The van der Waals surface area contributed by atoms with E-state index in [0.29, 0.717) is 0 Å². The Bertz CT molecular complexity index is 1500. The molecule has 0 N–H and O–H groups in total. The van der Waals surface area contributed by atoms with Crippen molar-refractivity contribution in [1.29, 1.82) is 0 Å². The van der Waals surface area contributed by atoms with Crippen LogP contribution < -0.4 is 0 Å². The van der Waals surface area contributed by atoms with Crippen LogP contribution >= 0.6 is 0 Å². The number of hydrogen-bond acceptors (Lipinski definition) is 2. The van der Waals surface area contributed by atoms with Gasteiger partial charge in [0.1, 0.15) is 11.2 Å². The van der Waals surface area contributed by atoms with Crippen LogP contribution in [0.1, 0.15) is 0 Å². The molecular weight excluding hydrogens is 354 g/mol. The Morgan fingerprint density at radius 3 is 2.31 bits per heavy atom. The summed E-state index contributed by atoms with van der Waals surface area (Å²) in [6.07, 6.45) is 1.93. The molecule has 29 heavy (non-hydrogen) atoms. The van der Waals surface area contributed by atoms with Crippen molar-refractivity contribution in [2.45, 2.75) is 0 Å². The quantitative estimate of drug-likeness (QED) is 0.315. The fourth-order valence-electron chi connectivity index (χ4n) is 4.04. The van der Waals surface area contributed by atoms with Gasteiger partial charge in [-0.05, 0) is 40.8 Å². The summed E-state index contributed by atoms with van der Waals surface area (Å²) < 4.78 is 6.37. The van der Waals surface area contributed by atoms with Gasteiger partial charge < -0.3 is 4.42 Å². The van der Waals surface area contributed by atoms with Gasteiger partial charge in [-0.3, -0.25) is 4.98 Å². The Labute approximate surface area is 168 Å². The van der Waals surface area contributed by atoms with Gasteiger partial charge in [0.05, 0.1) is 5.69 Å². The number of rotatable bonds is 2. The molecule has 6 aromatic rings. The van der Waals surface area contributed by atoms with Crippen molar-refractivity contribution < 1.29 is 4.42 Å². The maximum atomic E-state index is 6.37. The second kappa shape index (κ2) is 6.32. The van der Waals surface area contributed by atoms with Crippen molar-refractivity contribution in [2.75, 3.05) is 0 Å². The van der Waals surface area contributed by atoms with Crippen molar-refractivity contribution in [3.05, 3.63) is 103 Å². The number of benzene rings is 4. The van der Waals surface area contributed by atoms with Gasteiger partial charge in [-0.2, -0.15) is 0 Å². The summed E-state index contributed by atoms with van der Waals surface area (Å²) in [7, 11) is 0. The van der Waals surface area contributed by atoms with E-state index in [9.17, 15) is 0 Å². The molecule has 0 aliphatic rings. The fraction of sp³-hybridized carbons (Fsp3) is 0. The number of furan rings is 1. The molecule has 136 valence electrons. The lowest BCUT2D eigenvalue weighted by atomic mass is 10.0. The molecule has 4 aromatic carbocycles. The molecule has 0 saturated heterocycles. The Morgan fingerprint density at radius 2 is 1.41 bits per heavy atom. The molecule has 0 bridgehead atoms. The van der Waals surface area contributed by atoms with Crippen LogP contribution in [0.3, 0.4) is 0 Å². The monoisotopic (exact) mass is 371 g/mol. The number of aromatic nitrogens is 1. The molecule has 0 radical (unpaired) electrons. The molecule has 6 rings (SSSR count). The minimum absolute atomic E-state index is 0.885. The molecule has 0 fully saturated rings. The number of para-hydroxylation sites is 1. The van der Waals surface area contributed by atoms with Crippen molar-refractivity contribution >= 4 is 32.7 Å². The van der Waals surface area contributed by atoms with Gasteiger partial charge in [0.15, 0.2) is 0 Å². The summed E-state index contributed by atoms with van der Waals surface area (Å²) in [5, 5.41) is 4.56. The van der Waals surface area contributed by atoms with Gasteiger partial charge >= 0.3 is 0 Å². The van der Waals surface area contributed by atoms with Crippen molar-refractivity contribution in [1.82, 2.24) is 4.98 Å². The molecule has 0 unspecified atom stereocenters. The van der Waals surface area contributed by atoms with Crippen LogP contribution in [0.4, 0.5) is 0 Å². The number of fused-ring (bicyclic) bond motifs is 4. The lowest BCUT2D eigenvalue weighted by Gasteiger charge is -2.04. The molecule has 2 heteroatoms. The highest BCUT2D eigenvalue weighted by atomic mass is 16.3. The van der Waals surface area contributed by atoms with E-state index in [1.165, 1.54) is 10.9 Å². The van der Waals surface area contributed by atoms with Gasteiger partial charge in [0.25, 0.3) is 0 Å². The number of pyridine rings is 1. The van der Waals surface area contributed by atoms with Gasteiger partial charge in [-0.25, -0.2) is 0 Å². The van der Waals surface area contributed by atoms with E-state index < -0.39 is 0 Å². The van der Waals surface area contributed by atoms with Crippen LogP contribution in [0.15, 0.2) is 108 Å². The van der Waals surface area contributed by atoms with Crippen LogP contribution in [0.5, 0.6) is 0 Å². The first-order valence-electron chi connectivity index (χ1n) is 9.73. The van der Waals surface area contributed by atoms with E-state index >= 15 is 0 Å². The lowest BCUT2D eigenvalue weighted by Crippen LogP contribution is -1.84. The third-order valence-corrected chi connectivity index (χ3v) is 5.51. The Balaban J connectivity index is 1.57. The van der Waals surface area contributed by atoms with Crippen molar-refractivity contribution in [3.63, 3.8) is 0 Å². The smallest absolute Gasteiger partial charge is 0.144 e. The van der Waals surface area contributed by atoms with Crippen LogP contribution in [0, 0.1) is 0 Å². The van der Waals surface area contributed by atoms with Crippen LogP contribution in [0.2, 0.25) is 0 Å². The van der Waals surface area contributed by atoms with Gasteiger partial charge in [0.2, 0.25) is 0 Å². The minimum Gasteiger partial charge on any atom is -0.455 e. The van der Waals surface area contributed by atoms with E-state index in [1.807, 2.05) is 18.3 Å². The number of hydrogen-bond donors (Lipinski definition) is 0. The predicted molar refractivity (Wildman–Crippen MR) is 120 cm³/mol. The third kappa shape index (κ3) is 2.61. The average Bonchev–Trinajstić information content (AvgIpc) is 3.17. The van der Waals surface area contributed by atoms with Crippen LogP contribution in [-0.4, -0.2) is 4.98 Å². The van der Waals surface area contributed by atoms with E-state index in [4.69, 9.17) is 9.40 Å². The molecular formula is C27H17NO. The van der Waals surface area contributed by atoms with Crippen LogP contribution in [-0.2, 0) is 0 Å². The van der Waals surface area contributed by atoms with Crippen molar-refractivity contribution in [3.8, 4) is 22.4 Å². The first-order chi connectivity index (χ1) is 14.4. The van der Waals surface area contributed by atoms with Gasteiger partial charge in [0, 0.05) is 27.9 Å². The SMILES string of the molecule is c1ccc(-c2ccc3c(c2)oc2c(-c4cc5ccccc5cn4)cccc23)cc1. The topological polar surface area (TPSA) is 26.0 Å². The molecule has 2 aromatic heterocycles. The summed E-state index contributed by atoms with van der Waals surface area (Å²) in [5.74, 6) is 0. The maximum Gasteiger partial charge on any atom is 0.144 e. The standard InChI is InChI=1S/C27H17NO/c1-2-7-18(8-3-1)20-13-14-22-23-11-6-12-24(27(23)29-26(22)16-20)25-15-19-9-4-5-10-21(19)17-28-25/h1-17H. The summed E-state index contributed by atoms with van der Waals surface area (Å²) in [6, 6.07) is 33.5. The maximum absolute atomic E-state index is 6.37. The summed E-state index contributed by atoms with van der Waals surface area (Å²) >= 11 is 0. The average molecular weight is 371 g/mol. The third-order valence-electron chi connectivity index (χ3n) is 5.51. The summed E-state index contributed by atoms with van der Waals surface area (Å²) in [4.78, 5) is 4.70. The van der Waals surface area contributed by atoms with E-state index in [0.717, 1.165) is 44.1 Å². The van der Waals surface area contributed by atoms with Crippen LogP contribution in [0.25, 0.3) is 55.1 Å². The van der Waals surface area contributed by atoms with E-state index in [-0.39, 0.29) is 0 Å². The highest BCUT2D eigenvalue weighted by molar-refractivity contribution is 6.10. The number of nitrogens with zero attached hydrogens (tertiary/aromatic N) is 1.